The van der Waals surface area contributed by atoms with Gasteiger partial charge in [-0.15, -0.1) is 16.4 Å². The molecule has 0 aliphatic rings. The molecule has 0 aliphatic heterocycles. The minimum Gasteiger partial charge on any atom is -0.477 e. The molecule has 0 radical (unpaired) electrons. The highest BCUT2D eigenvalue weighted by atomic mass is 32.1. The van der Waals surface area contributed by atoms with Crippen molar-refractivity contribution in [3.63, 3.8) is 0 Å². The second-order valence-electron chi connectivity index (χ2n) is 5.94. The molecule has 0 fully saturated rings. The maximum atomic E-state index is 12.7. The van der Waals surface area contributed by atoms with E-state index in [9.17, 15) is 19.5 Å². The Morgan fingerprint density at radius 2 is 1.93 bits per heavy atom. The molecule has 0 aliphatic carbocycles. The van der Waals surface area contributed by atoms with Crippen molar-refractivity contribution in [1.29, 1.82) is 0 Å². The van der Waals surface area contributed by atoms with Crippen LogP contribution in [0.1, 0.15) is 27.7 Å². The lowest BCUT2D eigenvalue weighted by Crippen LogP contribution is -2.39. The Bertz CT molecular complexity index is 1170. The van der Waals surface area contributed by atoms with Gasteiger partial charge in [0.2, 0.25) is 0 Å². The van der Waals surface area contributed by atoms with Crippen LogP contribution < -0.4 is 17.0 Å². The van der Waals surface area contributed by atoms with Crippen molar-refractivity contribution in [2.45, 2.75) is 26.8 Å². The zero-order chi connectivity index (χ0) is 19.7. The Kier molecular flexibility index (Phi) is 4.95. The third-order valence-electron chi connectivity index (χ3n) is 4.16. The number of carbonyl (C=O) groups is 1. The molecular formula is C18H18N4O4S. The molecule has 9 heteroatoms. The van der Waals surface area contributed by atoms with Crippen LogP contribution in [0.5, 0.6) is 0 Å². The van der Waals surface area contributed by atoms with E-state index in [0.717, 1.165) is 26.1 Å². The minimum atomic E-state index is -1.16. The van der Waals surface area contributed by atoms with E-state index < -0.39 is 17.2 Å². The van der Waals surface area contributed by atoms with Gasteiger partial charge in [0, 0.05) is 13.0 Å². The van der Waals surface area contributed by atoms with Gasteiger partial charge in [0.1, 0.15) is 15.5 Å². The summed E-state index contributed by atoms with van der Waals surface area (Å²) in [6.07, 6.45) is 0.316. The summed E-state index contributed by atoms with van der Waals surface area (Å²) in [5.41, 5.74) is 6.09. The smallest absolute Gasteiger partial charge is 0.353 e. The fourth-order valence-corrected chi connectivity index (χ4v) is 3.95. The highest BCUT2D eigenvalue weighted by Gasteiger charge is 2.22. The zero-order valence-electron chi connectivity index (χ0n) is 14.8. The maximum Gasteiger partial charge on any atom is 0.353 e. The Balaban J connectivity index is 2.27. The molecule has 1 aromatic carbocycles. The Morgan fingerprint density at radius 1 is 1.26 bits per heavy atom. The van der Waals surface area contributed by atoms with Crippen molar-refractivity contribution in [2.24, 2.45) is 10.8 Å². The second kappa shape index (κ2) is 7.20. The van der Waals surface area contributed by atoms with E-state index in [0.29, 0.717) is 12.0 Å². The number of thiophene rings is 1. The number of aryl methyl sites for hydroxylation is 1. The molecule has 27 heavy (non-hydrogen) atoms. The van der Waals surface area contributed by atoms with Crippen molar-refractivity contribution in [3.8, 4) is 0 Å². The summed E-state index contributed by atoms with van der Waals surface area (Å²) in [5.74, 6) is -0.981. The normalized spacial score (nSPS) is 11.9. The number of aromatic carboxylic acids is 1. The second-order valence-corrected chi connectivity index (χ2v) is 6.94. The number of benzene rings is 1. The number of fused-ring (bicyclic) bond motifs is 1. The van der Waals surface area contributed by atoms with E-state index in [2.05, 4.69) is 5.10 Å². The fraction of sp³-hybridized carbons (Fsp3) is 0.222. The van der Waals surface area contributed by atoms with E-state index >= 15 is 0 Å². The van der Waals surface area contributed by atoms with Gasteiger partial charge in [0.05, 0.1) is 5.39 Å². The largest absolute Gasteiger partial charge is 0.477 e. The SMILES string of the molecule is CCn1c(=O)c2c(C)c(C(=O)O)sc2n(N=C(N)Cc2ccccc2)c1=O. The van der Waals surface area contributed by atoms with Gasteiger partial charge in [0.15, 0.2) is 0 Å². The number of carboxylic acid groups (broad SMARTS) is 1. The van der Waals surface area contributed by atoms with Crippen LogP contribution in [-0.4, -0.2) is 26.2 Å². The van der Waals surface area contributed by atoms with Crippen molar-refractivity contribution in [3.05, 3.63) is 67.2 Å². The van der Waals surface area contributed by atoms with Gasteiger partial charge in [-0.3, -0.25) is 9.36 Å². The molecule has 3 N–H and O–H groups in total. The molecule has 8 nitrogen and oxygen atoms in total. The highest BCUT2D eigenvalue weighted by Crippen LogP contribution is 2.27. The van der Waals surface area contributed by atoms with Crippen LogP contribution in [0, 0.1) is 6.92 Å². The van der Waals surface area contributed by atoms with Crippen LogP contribution in [-0.2, 0) is 13.0 Å². The zero-order valence-corrected chi connectivity index (χ0v) is 15.6. The number of hydrogen-bond donors (Lipinski definition) is 2. The van der Waals surface area contributed by atoms with Crippen LogP contribution in [0.3, 0.4) is 0 Å². The van der Waals surface area contributed by atoms with Crippen molar-refractivity contribution < 1.29 is 9.90 Å². The van der Waals surface area contributed by atoms with Crippen LogP contribution in [0.4, 0.5) is 0 Å². The van der Waals surface area contributed by atoms with E-state index in [4.69, 9.17) is 5.73 Å². The van der Waals surface area contributed by atoms with Gasteiger partial charge in [-0.2, -0.15) is 4.68 Å². The molecule has 0 amide bonds. The Morgan fingerprint density at radius 3 is 2.52 bits per heavy atom. The molecule has 0 saturated carbocycles. The first-order chi connectivity index (χ1) is 12.8. The minimum absolute atomic E-state index is 0.000865. The molecule has 3 rings (SSSR count). The third kappa shape index (κ3) is 3.28. The van der Waals surface area contributed by atoms with Crippen molar-refractivity contribution in [2.75, 3.05) is 0 Å². The highest BCUT2D eigenvalue weighted by molar-refractivity contribution is 7.20. The number of amidine groups is 1. The predicted octanol–water partition coefficient (Wildman–Crippen LogP) is 1.61. The van der Waals surface area contributed by atoms with Crippen LogP contribution in [0.15, 0.2) is 45.0 Å². The van der Waals surface area contributed by atoms with Gasteiger partial charge >= 0.3 is 11.7 Å². The number of nitrogens with two attached hydrogens (primary N) is 1. The molecule has 2 heterocycles. The molecule has 140 valence electrons. The number of nitrogens with zero attached hydrogens (tertiary/aromatic N) is 3. The van der Waals surface area contributed by atoms with Gasteiger partial charge in [-0.25, -0.2) is 9.59 Å². The Labute approximate surface area is 157 Å². The molecule has 0 unspecified atom stereocenters. The number of aromatic nitrogens is 2. The topological polar surface area (TPSA) is 120 Å². The fourth-order valence-electron chi connectivity index (χ4n) is 2.86. The summed E-state index contributed by atoms with van der Waals surface area (Å²) < 4.78 is 2.05. The summed E-state index contributed by atoms with van der Waals surface area (Å²) >= 11 is 0.842. The standard InChI is InChI=1S/C18H18N4O4S/c1-3-21-15(23)13-10(2)14(17(24)25)27-16(13)22(18(21)26)20-12(19)9-11-7-5-4-6-8-11/h4-8H,3,9H2,1-2H3,(H2,19,20)(H,24,25). The average molecular weight is 386 g/mol. The first-order valence-electron chi connectivity index (χ1n) is 8.24. The summed E-state index contributed by atoms with van der Waals surface area (Å²) in [6, 6.07) is 9.37. The number of hydrogen-bond acceptors (Lipinski definition) is 5. The van der Waals surface area contributed by atoms with Crippen molar-refractivity contribution >= 4 is 33.4 Å². The lowest BCUT2D eigenvalue weighted by atomic mass is 10.1. The van der Waals surface area contributed by atoms with E-state index in [-0.39, 0.29) is 27.5 Å². The average Bonchev–Trinajstić information content (AvgIpc) is 2.98. The van der Waals surface area contributed by atoms with Gasteiger partial charge in [-0.1, -0.05) is 30.3 Å². The quantitative estimate of drug-likeness (QED) is 0.510. The van der Waals surface area contributed by atoms with E-state index in [1.807, 2.05) is 30.3 Å². The van der Waals surface area contributed by atoms with E-state index in [1.165, 1.54) is 0 Å². The Hall–Kier alpha value is -3.20. The molecule has 3 aromatic rings. The third-order valence-corrected chi connectivity index (χ3v) is 5.41. The first-order valence-corrected chi connectivity index (χ1v) is 9.06. The summed E-state index contributed by atoms with van der Waals surface area (Å²) in [5, 5.41) is 13.8. The maximum absolute atomic E-state index is 12.7. The van der Waals surface area contributed by atoms with Crippen LogP contribution in [0.25, 0.3) is 10.2 Å². The van der Waals surface area contributed by atoms with E-state index in [1.54, 1.807) is 13.8 Å². The number of rotatable bonds is 5. The monoisotopic (exact) mass is 386 g/mol. The molecule has 0 spiro atoms. The predicted molar refractivity (Wildman–Crippen MR) is 105 cm³/mol. The van der Waals surface area contributed by atoms with Crippen molar-refractivity contribution in [1.82, 2.24) is 9.24 Å². The lowest BCUT2D eigenvalue weighted by Gasteiger charge is -2.08. The van der Waals surface area contributed by atoms with Gasteiger partial charge in [-0.05, 0) is 25.0 Å². The lowest BCUT2D eigenvalue weighted by molar-refractivity contribution is 0.0701. The van der Waals surface area contributed by atoms with Crippen LogP contribution in [0.2, 0.25) is 0 Å². The molecule has 0 atom stereocenters. The van der Waals surface area contributed by atoms with Gasteiger partial charge in [0.25, 0.3) is 5.56 Å². The molecule has 2 aromatic heterocycles. The molecular weight excluding hydrogens is 368 g/mol. The van der Waals surface area contributed by atoms with Crippen LogP contribution >= 0.6 is 11.3 Å². The molecule has 0 bridgehead atoms. The summed E-state index contributed by atoms with van der Waals surface area (Å²) in [7, 11) is 0. The first kappa shape index (κ1) is 18.6. The number of carboxylic acids is 1. The van der Waals surface area contributed by atoms with Gasteiger partial charge < -0.3 is 10.8 Å². The summed E-state index contributed by atoms with van der Waals surface area (Å²) in [4.78, 5) is 37.0. The molecule has 0 saturated heterocycles. The summed E-state index contributed by atoms with van der Waals surface area (Å²) in [6.45, 7) is 3.35.